The smallest absolute Gasteiger partial charge is 0.324 e. The van der Waals surface area contributed by atoms with Gasteiger partial charge in [0, 0.05) is 10.7 Å². The fraction of sp³-hybridized carbons (Fsp3) is 0.273. The average molecular weight is 245 g/mol. The second-order valence-corrected chi connectivity index (χ2v) is 4.52. The summed E-state index contributed by atoms with van der Waals surface area (Å²) < 4.78 is 37.6. The monoisotopic (exact) mass is 245 g/mol. The molecule has 0 spiro atoms. The summed E-state index contributed by atoms with van der Waals surface area (Å²) >= 11 is 1.42. The van der Waals surface area contributed by atoms with Crippen molar-refractivity contribution in [2.75, 3.05) is 0 Å². The van der Waals surface area contributed by atoms with E-state index in [1.54, 1.807) is 17.5 Å². The minimum Gasteiger partial charge on any atom is -0.324 e. The minimum absolute atomic E-state index is 0.581. The second-order valence-electron chi connectivity index (χ2n) is 3.61. The lowest BCUT2D eigenvalue weighted by Gasteiger charge is -2.13. The van der Waals surface area contributed by atoms with E-state index in [1.165, 1.54) is 11.3 Å². The number of hydrogen-bond acceptors (Lipinski definition) is 2. The third-order valence-corrected chi connectivity index (χ3v) is 3.34. The van der Waals surface area contributed by atoms with E-state index in [0.717, 1.165) is 10.1 Å². The lowest BCUT2D eigenvalue weighted by molar-refractivity contribution is -0.138. The van der Waals surface area contributed by atoms with E-state index in [0.29, 0.717) is 5.56 Å². The lowest BCUT2D eigenvalue weighted by Crippen LogP contribution is -2.19. The summed E-state index contributed by atoms with van der Waals surface area (Å²) in [5, 5.41) is 2.53. The zero-order chi connectivity index (χ0) is 11.8. The number of rotatable bonds is 2. The Hall–Kier alpha value is -1.07. The first-order chi connectivity index (χ1) is 7.47. The normalized spacial score (nSPS) is 14.2. The maximum atomic E-state index is 12.2. The molecule has 2 rings (SSSR count). The molecule has 1 nitrogen and oxygen atoms in total. The number of alkyl halides is 3. The molecule has 1 unspecified atom stereocenters. The average Bonchev–Trinajstić information content (AvgIpc) is 2.58. The molecule has 0 fully saturated rings. The largest absolute Gasteiger partial charge is 0.390 e. The molecule has 86 valence electrons. The van der Waals surface area contributed by atoms with Crippen LogP contribution in [0.15, 0.2) is 29.6 Å². The van der Waals surface area contributed by atoms with E-state index >= 15 is 0 Å². The van der Waals surface area contributed by atoms with E-state index in [2.05, 4.69) is 0 Å². The van der Waals surface area contributed by atoms with E-state index in [1.807, 2.05) is 12.1 Å². The molecule has 16 heavy (non-hydrogen) atoms. The molecule has 1 aromatic carbocycles. The van der Waals surface area contributed by atoms with Gasteiger partial charge in [-0.15, -0.1) is 11.3 Å². The van der Waals surface area contributed by atoms with Crippen molar-refractivity contribution in [3.63, 3.8) is 0 Å². The van der Waals surface area contributed by atoms with Gasteiger partial charge in [-0.1, -0.05) is 18.2 Å². The van der Waals surface area contributed by atoms with Gasteiger partial charge in [0.15, 0.2) is 0 Å². The van der Waals surface area contributed by atoms with Crippen LogP contribution in [-0.4, -0.2) is 6.18 Å². The summed E-state index contributed by atoms with van der Waals surface area (Å²) in [6.07, 6.45) is -5.20. The summed E-state index contributed by atoms with van der Waals surface area (Å²) in [6, 6.07) is 6.37. The third-order valence-electron chi connectivity index (χ3n) is 2.36. The predicted octanol–water partition coefficient (Wildman–Crippen LogP) is 3.85. The third kappa shape index (κ3) is 2.36. The van der Waals surface area contributed by atoms with Crippen molar-refractivity contribution in [1.29, 1.82) is 0 Å². The van der Waals surface area contributed by atoms with Gasteiger partial charge in [-0.3, -0.25) is 0 Å². The van der Waals surface area contributed by atoms with Gasteiger partial charge in [0.05, 0.1) is 6.42 Å². The molecule has 0 saturated carbocycles. The zero-order valence-corrected chi connectivity index (χ0v) is 9.11. The zero-order valence-electron chi connectivity index (χ0n) is 8.29. The molecule has 1 aromatic heterocycles. The summed E-state index contributed by atoms with van der Waals surface area (Å²) in [5.74, 6) is 0. The van der Waals surface area contributed by atoms with Gasteiger partial charge in [0.1, 0.15) is 0 Å². The summed E-state index contributed by atoms with van der Waals surface area (Å²) in [7, 11) is 0. The van der Waals surface area contributed by atoms with Gasteiger partial charge in [-0.05, 0) is 22.4 Å². The van der Waals surface area contributed by atoms with Crippen molar-refractivity contribution in [1.82, 2.24) is 0 Å². The van der Waals surface area contributed by atoms with Crippen molar-refractivity contribution in [3.05, 3.63) is 35.2 Å². The molecule has 5 heteroatoms. The van der Waals surface area contributed by atoms with Crippen LogP contribution < -0.4 is 5.73 Å². The molecule has 0 aliphatic rings. The minimum atomic E-state index is -4.22. The molecule has 0 amide bonds. The number of hydrogen-bond donors (Lipinski definition) is 1. The second kappa shape index (κ2) is 4.07. The highest BCUT2D eigenvalue weighted by Gasteiger charge is 2.31. The first-order valence-corrected chi connectivity index (χ1v) is 5.64. The number of halogens is 3. The Kier molecular flexibility index (Phi) is 2.90. The van der Waals surface area contributed by atoms with Crippen LogP contribution in [-0.2, 0) is 0 Å². The molecule has 2 aromatic rings. The molecule has 1 heterocycles. The fourth-order valence-electron chi connectivity index (χ4n) is 1.64. The van der Waals surface area contributed by atoms with Gasteiger partial charge < -0.3 is 5.73 Å². The molecule has 0 bridgehead atoms. The molecule has 0 saturated heterocycles. The molecule has 2 N–H and O–H groups in total. The van der Waals surface area contributed by atoms with Crippen molar-refractivity contribution >= 4 is 21.4 Å². The van der Waals surface area contributed by atoms with E-state index in [-0.39, 0.29) is 0 Å². The molecule has 0 aliphatic heterocycles. The van der Waals surface area contributed by atoms with Crippen LogP contribution in [0.25, 0.3) is 10.1 Å². The Labute approximate surface area is 94.7 Å². The number of thiophene rings is 1. The summed E-state index contributed by atoms with van der Waals surface area (Å²) in [4.78, 5) is 0. The topological polar surface area (TPSA) is 26.0 Å². The van der Waals surface area contributed by atoms with Gasteiger partial charge in [0.2, 0.25) is 0 Å². The SMILES string of the molecule is NC(CC(F)(F)F)c1csc2ccccc12. The van der Waals surface area contributed by atoms with Crippen LogP contribution in [0.5, 0.6) is 0 Å². The molecular weight excluding hydrogens is 235 g/mol. The number of nitrogens with two attached hydrogens (primary N) is 1. The van der Waals surface area contributed by atoms with Crippen molar-refractivity contribution in [2.24, 2.45) is 5.73 Å². The maximum absolute atomic E-state index is 12.2. The first-order valence-electron chi connectivity index (χ1n) is 4.76. The number of fused-ring (bicyclic) bond motifs is 1. The fourth-order valence-corrected chi connectivity index (χ4v) is 2.67. The van der Waals surface area contributed by atoms with E-state index < -0.39 is 18.6 Å². The highest BCUT2D eigenvalue weighted by atomic mass is 32.1. The standard InChI is InChI=1S/C11H10F3NS/c12-11(13,14)5-9(15)8-6-16-10-4-2-1-3-7(8)10/h1-4,6,9H,5,15H2. The quantitative estimate of drug-likeness (QED) is 0.854. The highest BCUT2D eigenvalue weighted by Crippen LogP contribution is 2.34. The van der Waals surface area contributed by atoms with Crippen LogP contribution in [0, 0.1) is 0 Å². The van der Waals surface area contributed by atoms with Crippen LogP contribution in [0.4, 0.5) is 13.2 Å². The summed E-state index contributed by atoms with van der Waals surface area (Å²) in [5.41, 5.74) is 6.16. The Bertz CT molecular complexity index is 489. The van der Waals surface area contributed by atoms with Crippen LogP contribution >= 0.6 is 11.3 Å². The summed E-state index contributed by atoms with van der Waals surface area (Å²) in [6.45, 7) is 0. The Morgan fingerprint density at radius 2 is 1.94 bits per heavy atom. The Morgan fingerprint density at radius 3 is 2.62 bits per heavy atom. The Balaban J connectivity index is 2.33. The van der Waals surface area contributed by atoms with Gasteiger partial charge in [-0.2, -0.15) is 13.2 Å². The molecule has 0 aliphatic carbocycles. The molecule has 1 atom stereocenters. The van der Waals surface area contributed by atoms with Gasteiger partial charge >= 0.3 is 6.18 Å². The van der Waals surface area contributed by atoms with Crippen molar-refractivity contribution < 1.29 is 13.2 Å². The van der Waals surface area contributed by atoms with Crippen LogP contribution in [0.3, 0.4) is 0 Å². The van der Waals surface area contributed by atoms with E-state index in [9.17, 15) is 13.2 Å². The van der Waals surface area contributed by atoms with E-state index in [4.69, 9.17) is 5.73 Å². The lowest BCUT2D eigenvalue weighted by atomic mass is 10.0. The maximum Gasteiger partial charge on any atom is 0.390 e. The Morgan fingerprint density at radius 1 is 1.25 bits per heavy atom. The van der Waals surface area contributed by atoms with Crippen LogP contribution in [0.2, 0.25) is 0 Å². The highest BCUT2D eigenvalue weighted by molar-refractivity contribution is 7.17. The van der Waals surface area contributed by atoms with Crippen LogP contribution in [0.1, 0.15) is 18.0 Å². The van der Waals surface area contributed by atoms with Gasteiger partial charge in [-0.25, -0.2) is 0 Å². The van der Waals surface area contributed by atoms with Gasteiger partial charge in [0.25, 0.3) is 0 Å². The van der Waals surface area contributed by atoms with Crippen molar-refractivity contribution in [3.8, 4) is 0 Å². The number of benzene rings is 1. The molecule has 0 radical (unpaired) electrons. The molecular formula is C11H10F3NS. The first kappa shape index (κ1) is 11.4. The predicted molar refractivity (Wildman–Crippen MR) is 59.4 cm³/mol. The van der Waals surface area contributed by atoms with Crippen molar-refractivity contribution in [2.45, 2.75) is 18.6 Å².